The molecule has 1 aromatic rings. The first-order chi connectivity index (χ1) is 8.25. The van der Waals surface area contributed by atoms with Crippen molar-refractivity contribution in [2.45, 2.75) is 38.3 Å². The number of nitrogens with zero attached hydrogens (tertiary/aromatic N) is 1. The van der Waals surface area contributed by atoms with Crippen LogP contribution in [0.25, 0.3) is 0 Å². The van der Waals surface area contributed by atoms with Crippen LogP contribution in [0, 0.1) is 0 Å². The molecule has 0 spiro atoms. The highest BCUT2D eigenvalue weighted by Gasteiger charge is 2.19. The molecule has 0 aromatic carbocycles. The zero-order valence-electron chi connectivity index (χ0n) is 10.1. The van der Waals surface area contributed by atoms with Gasteiger partial charge in [-0.05, 0) is 31.9 Å². The molecule has 0 saturated carbocycles. The highest BCUT2D eigenvalue weighted by molar-refractivity contribution is 5.76. The highest BCUT2D eigenvalue weighted by Crippen LogP contribution is 2.13. The van der Waals surface area contributed by atoms with Gasteiger partial charge in [0.15, 0.2) is 0 Å². The predicted molar refractivity (Wildman–Crippen MR) is 66.4 cm³/mol. The lowest BCUT2D eigenvalue weighted by atomic mass is 10.1. The topological polar surface area (TPSA) is 54.0 Å². The van der Waals surface area contributed by atoms with Gasteiger partial charge >= 0.3 is 0 Å². The van der Waals surface area contributed by atoms with Crippen molar-refractivity contribution in [3.8, 4) is 0 Å². The molecule has 92 valence electrons. The van der Waals surface area contributed by atoms with Crippen LogP contribution in [0.5, 0.6) is 0 Å². The molecule has 0 bridgehead atoms. The molecule has 1 aromatic heterocycles. The Morgan fingerprint density at radius 2 is 2.41 bits per heavy atom. The third-order valence-electron chi connectivity index (χ3n) is 3.10. The molecule has 2 heterocycles. The van der Waals surface area contributed by atoms with Crippen molar-refractivity contribution < 1.29 is 4.79 Å². The van der Waals surface area contributed by atoms with E-state index in [4.69, 9.17) is 0 Å². The molecule has 4 heteroatoms. The first-order valence-corrected chi connectivity index (χ1v) is 6.19. The standard InChI is InChI=1S/C13H19N3O/c1-10(12-6-2-3-7-14-12)16-11-5-4-8-15-13(17)9-11/h2-3,6-7,10-11,16H,4-5,8-9H2,1H3,(H,15,17). The number of nitrogens with one attached hydrogen (secondary N) is 2. The molecule has 4 nitrogen and oxygen atoms in total. The van der Waals surface area contributed by atoms with Crippen molar-refractivity contribution >= 4 is 5.91 Å². The van der Waals surface area contributed by atoms with E-state index < -0.39 is 0 Å². The minimum absolute atomic E-state index is 0.147. The van der Waals surface area contributed by atoms with Crippen LogP contribution < -0.4 is 10.6 Å². The van der Waals surface area contributed by atoms with Gasteiger partial charge in [0.1, 0.15) is 0 Å². The van der Waals surface area contributed by atoms with Crippen molar-refractivity contribution in [2.24, 2.45) is 0 Å². The second kappa shape index (κ2) is 5.77. The summed E-state index contributed by atoms with van der Waals surface area (Å²) in [4.78, 5) is 15.8. The fraction of sp³-hybridized carbons (Fsp3) is 0.538. The van der Waals surface area contributed by atoms with Gasteiger partial charge in [-0.25, -0.2) is 0 Å². The molecular formula is C13H19N3O. The van der Waals surface area contributed by atoms with Crippen molar-refractivity contribution in [2.75, 3.05) is 6.54 Å². The minimum atomic E-state index is 0.147. The maximum absolute atomic E-state index is 11.4. The Morgan fingerprint density at radius 1 is 1.53 bits per heavy atom. The molecule has 1 saturated heterocycles. The number of carbonyl (C=O) groups is 1. The average Bonchev–Trinajstić information content (AvgIpc) is 2.55. The summed E-state index contributed by atoms with van der Waals surface area (Å²) in [7, 11) is 0. The summed E-state index contributed by atoms with van der Waals surface area (Å²) >= 11 is 0. The number of carbonyl (C=O) groups excluding carboxylic acids is 1. The van der Waals surface area contributed by atoms with Crippen LogP contribution in [-0.2, 0) is 4.79 Å². The van der Waals surface area contributed by atoms with E-state index in [1.54, 1.807) is 6.20 Å². The number of pyridine rings is 1. The molecule has 2 rings (SSSR count). The zero-order valence-corrected chi connectivity index (χ0v) is 10.1. The SMILES string of the molecule is CC(NC1CCCNC(=O)C1)c1ccccn1. The predicted octanol–water partition coefficient (Wildman–Crippen LogP) is 1.40. The maximum Gasteiger partial charge on any atom is 0.221 e. The van der Waals surface area contributed by atoms with Crippen LogP contribution in [0.2, 0.25) is 0 Å². The van der Waals surface area contributed by atoms with E-state index >= 15 is 0 Å². The van der Waals surface area contributed by atoms with Crippen LogP contribution in [0.15, 0.2) is 24.4 Å². The summed E-state index contributed by atoms with van der Waals surface area (Å²) in [6.07, 6.45) is 4.44. The fourth-order valence-electron chi connectivity index (χ4n) is 2.19. The molecule has 2 unspecified atom stereocenters. The summed E-state index contributed by atoms with van der Waals surface area (Å²) in [6, 6.07) is 6.35. The van der Waals surface area contributed by atoms with Gasteiger partial charge in [0.2, 0.25) is 5.91 Å². The smallest absolute Gasteiger partial charge is 0.221 e. The van der Waals surface area contributed by atoms with Crippen molar-refractivity contribution in [1.82, 2.24) is 15.6 Å². The van der Waals surface area contributed by atoms with E-state index in [2.05, 4.69) is 22.5 Å². The summed E-state index contributed by atoms with van der Waals surface area (Å²) in [5.41, 5.74) is 1.03. The lowest BCUT2D eigenvalue weighted by Crippen LogP contribution is -2.34. The molecule has 0 aliphatic carbocycles. The molecule has 17 heavy (non-hydrogen) atoms. The molecule has 1 fully saturated rings. The zero-order chi connectivity index (χ0) is 12.1. The van der Waals surface area contributed by atoms with E-state index in [0.717, 1.165) is 25.1 Å². The van der Waals surface area contributed by atoms with Gasteiger partial charge in [-0.3, -0.25) is 9.78 Å². The van der Waals surface area contributed by atoms with Crippen LogP contribution in [-0.4, -0.2) is 23.5 Å². The highest BCUT2D eigenvalue weighted by atomic mass is 16.1. The molecule has 0 radical (unpaired) electrons. The maximum atomic E-state index is 11.4. The molecule has 1 aliphatic rings. The molecule has 1 aliphatic heterocycles. The third kappa shape index (κ3) is 3.53. The molecule has 1 amide bonds. The number of aromatic nitrogens is 1. The van der Waals surface area contributed by atoms with Crippen molar-refractivity contribution in [1.29, 1.82) is 0 Å². The number of rotatable bonds is 3. The Balaban J connectivity index is 1.93. The third-order valence-corrected chi connectivity index (χ3v) is 3.10. The first-order valence-electron chi connectivity index (χ1n) is 6.19. The van der Waals surface area contributed by atoms with E-state index in [0.29, 0.717) is 6.42 Å². The average molecular weight is 233 g/mol. The summed E-state index contributed by atoms with van der Waals surface area (Å²) in [5, 5.41) is 6.38. The Kier molecular flexibility index (Phi) is 4.09. The molecule has 2 atom stereocenters. The Bertz CT molecular complexity index is 366. The van der Waals surface area contributed by atoms with Crippen LogP contribution in [0.4, 0.5) is 0 Å². The molecular weight excluding hydrogens is 214 g/mol. The van der Waals surface area contributed by atoms with Gasteiger partial charge in [0, 0.05) is 31.2 Å². The number of hydrogen-bond acceptors (Lipinski definition) is 3. The van der Waals surface area contributed by atoms with Gasteiger partial charge in [-0.2, -0.15) is 0 Å². The largest absolute Gasteiger partial charge is 0.356 e. The van der Waals surface area contributed by atoms with E-state index in [1.807, 2.05) is 18.2 Å². The normalized spacial score (nSPS) is 22.6. The Morgan fingerprint density at radius 3 is 3.18 bits per heavy atom. The lowest BCUT2D eigenvalue weighted by Gasteiger charge is -2.20. The van der Waals surface area contributed by atoms with Gasteiger partial charge < -0.3 is 10.6 Å². The van der Waals surface area contributed by atoms with Crippen LogP contribution in [0.1, 0.15) is 37.9 Å². The Labute approximate surface area is 102 Å². The van der Waals surface area contributed by atoms with Crippen LogP contribution in [0.3, 0.4) is 0 Å². The van der Waals surface area contributed by atoms with Gasteiger partial charge in [-0.15, -0.1) is 0 Å². The minimum Gasteiger partial charge on any atom is -0.356 e. The second-order valence-corrected chi connectivity index (χ2v) is 4.54. The monoisotopic (exact) mass is 233 g/mol. The summed E-state index contributed by atoms with van der Waals surface area (Å²) < 4.78 is 0. The number of hydrogen-bond donors (Lipinski definition) is 2. The first kappa shape index (κ1) is 12.0. The number of amides is 1. The Hall–Kier alpha value is -1.42. The molecule has 2 N–H and O–H groups in total. The summed E-state index contributed by atoms with van der Waals surface area (Å²) in [6.45, 7) is 2.89. The van der Waals surface area contributed by atoms with Gasteiger partial charge in [0.05, 0.1) is 5.69 Å². The van der Waals surface area contributed by atoms with Gasteiger partial charge in [-0.1, -0.05) is 6.07 Å². The van der Waals surface area contributed by atoms with Crippen molar-refractivity contribution in [3.05, 3.63) is 30.1 Å². The lowest BCUT2D eigenvalue weighted by molar-refractivity contribution is -0.121. The van der Waals surface area contributed by atoms with Crippen molar-refractivity contribution in [3.63, 3.8) is 0 Å². The van der Waals surface area contributed by atoms with Gasteiger partial charge in [0.25, 0.3) is 0 Å². The van der Waals surface area contributed by atoms with Crippen LogP contribution >= 0.6 is 0 Å². The van der Waals surface area contributed by atoms with E-state index in [-0.39, 0.29) is 18.0 Å². The summed E-state index contributed by atoms with van der Waals surface area (Å²) in [5.74, 6) is 0.147. The van der Waals surface area contributed by atoms with E-state index in [1.165, 1.54) is 0 Å². The van der Waals surface area contributed by atoms with E-state index in [9.17, 15) is 4.79 Å². The fourth-order valence-corrected chi connectivity index (χ4v) is 2.19. The second-order valence-electron chi connectivity index (χ2n) is 4.54. The quantitative estimate of drug-likeness (QED) is 0.829.